The Kier molecular flexibility index (Phi) is 8.04. The molecule has 3 aromatic carbocycles. The Morgan fingerprint density at radius 3 is 1.21 bits per heavy atom. The Bertz CT molecular complexity index is 1230. The molecule has 206 valence electrons. The van der Waals surface area contributed by atoms with Crippen LogP contribution in [0.15, 0.2) is 36.4 Å². The maximum atomic E-state index is 11.3. The van der Waals surface area contributed by atoms with Crippen LogP contribution >= 0.6 is 0 Å². The molecule has 0 fully saturated rings. The Labute approximate surface area is 230 Å². The first kappa shape index (κ1) is 29.6. The molecule has 0 amide bonds. The molecule has 0 aliphatic carbocycles. The second kappa shape index (κ2) is 10.3. The SMILES string of the molecule is COc1c(Cc2cc(C)cc(C(C)(C)C)c2O)cc(C(C)(C)C)cc1Cc1cc(C)cc(C(C)(C)C)c1O. The molecule has 3 nitrogen and oxygen atoms in total. The molecule has 0 saturated heterocycles. The van der Waals surface area contributed by atoms with Gasteiger partial charge in [-0.1, -0.05) is 110 Å². The van der Waals surface area contributed by atoms with E-state index in [4.69, 9.17) is 4.74 Å². The van der Waals surface area contributed by atoms with Crippen LogP contribution in [-0.4, -0.2) is 17.3 Å². The Hall–Kier alpha value is -2.94. The lowest BCUT2D eigenvalue weighted by molar-refractivity contribution is 0.404. The summed E-state index contributed by atoms with van der Waals surface area (Å²) in [5, 5.41) is 22.6. The maximum absolute atomic E-state index is 11.3. The van der Waals surface area contributed by atoms with Gasteiger partial charge in [0, 0.05) is 12.8 Å². The van der Waals surface area contributed by atoms with E-state index >= 15 is 0 Å². The van der Waals surface area contributed by atoms with Crippen molar-refractivity contribution in [3.8, 4) is 17.2 Å². The van der Waals surface area contributed by atoms with E-state index in [1.807, 2.05) is 0 Å². The Balaban J connectivity index is 2.23. The predicted molar refractivity (Wildman–Crippen MR) is 160 cm³/mol. The average Bonchev–Trinajstić information content (AvgIpc) is 2.76. The molecule has 0 aromatic heterocycles. The molecule has 0 atom stereocenters. The van der Waals surface area contributed by atoms with Crippen molar-refractivity contribution in [2.24, 2.45) is 0 Å². The highest BCUT2D eigenvalue weighted by molar-refractivity contribution is 5.56. The van der Waals surface area contributed by atoms with E-state index in [9.17, 15) is 10.2 Å². The van der Waals surface area contributed by atoms with Gasteiger partial charge < -0.3 is 14.9 Å². The molecule has 0 heterocycles. The van der Waals surface area contributed by atoms with E-state index in [0.29, 0.717) is 24.3 Å². The van der Waals surface area contributed by atoms with Gasteiger partial charge in [0.1, 0.15) is 17.2 Å². The minimum absolute atomic E-state index is 0.0772. The third-order valence-corrected chi connectivity index (χ3v) is 7.36. The van der Waals surface area contributed by atoms with Gasteiger partial charge in [-0.15, -0.1) is 0 Å². The van der Waals surface area contributed by atoms with Gasteiger partial charge in [-0.25, -0.2) is 0 Å². The zero-order chi connectivity index (χ0) is 28.8. The smallest absolute Gasteiger partial charge is 0.125 e. The largest absolute Gasteiger partial charge is 0.507 e. The molecule has 3 aromatic rings. The number of hydrogen-bond donors (Lipinski definition) is 2. The van der Waals surface area contributed by atoms with Crippen LogP contribution in [0.4, 0.5) is 0 Å². The molecule has 0 aliphatic heterocycles. The number of phenolic OH excluding ortho intramolecular Hbond substituents is 2. The summed E-state index contributed by atoms with van der Waals surface area (Å²) in [5.74, 6) is 1.53. The summed E-state index contributed by atoms with van der Waals surface area (Å²) >= 11 is 0. The van der Waals surface area contributed by atoms with Crippen molar-refractivity contribution in [1.82, 2.24) is 0 Å². The van der Waals surface area contributed by atoms with E-state index in [-0.39, 0.29) is 16.2 Å². The van der Waals surface area contributed by atoms with Crippen molar-refractivity contribution < 1.29 is 14.9 Å². The van der Waals surface area contributed by atoms with Crippen LogP contribution in [0.2, 0.25) is 0 Å². The number of rotatable bonds is 5. The summed E-state index contributed by atoms with van der Waals surface area (Å²) in [4.78, 5) is 0. The van der Waals surface area contributed by atoms with Crippen molar-refractivity contribution >= 4 is 0 Å². The number of ether oxygens (including phenoxy) is 1. The fourth-order valence-corrected chi connectivity index (χ4v) is 5.24. The zero-order valence-corrected chi connectivity index (χ0v) is 25.7. The Morgan fingerprint density at radius 1 is 0.553 bits per heavy atom. The molecule has 0 radical (unpaired) electrons. The summed E-state index contributed by atoms with van der Waals surface area (Å²) in [6.45, 7) is 23.6. The van der Waals surface area contributed by atoms with E-state index in [1.54, 1.807) is 7.11 Å². The van der Waals surface area contributed by atoms with Crippen LogP contribution in [0.5, 0.6) is 17.2 Å². The van der Waals surface area contributed by atoms with Crippen molar-refractivity contribution in [2.75, 3.05) is 7.11 Å². The van der Waals surface area contributed by atoms with E-state index < -0.39 is 0 Å². The lowest BCUT2D eigenvalue weighted by atomic mass is 9.80. The summed E-state index contributed by atoms with van der Waals surface area (Å²) in [6, 6.07) is 12.8. The molecule has 38 heavy (non-hydrogen) atoms. The number of methoxy groups -OCH3 is 1. The minimum Gasteiger partial charge on any atom is -0.507 e. The van der Waals surface area contributed by atoms with Gasteiger partial charge in [0.15, 0.2) is 0 Å². The van der Waals surface area contributed by atoms with Gasteiger partial charge in [0.2, 0.25) is 0 Å². The maximum Gasteiger partial charge on any atom is 0.125 e. The van der Waals surface area contributed by atoms with Crippen molar-refractivity contribution in [3.05, 3.63) is 86.5 Å². The third-order valence-electron chi connectivity index (χ3n) is 7.36. The number of benzene rings is 3. The highest BCUT2D eigenvalue weighted by atomic mass is 16.5. The molecule has 0 spiro atoms. The predicted octanol–water partition coefficient (Wildman–Crippen LogP) is 8.80. The van der Waals surface area contributed by atoms with Gasteiger partial charge in [-0.2, -0.15) is 0 Å². The number of aryl methyl sites for hydroxylation is 2. The standard InChI is InChI=1S/C35H48O3/c1-21-13-23(30(36)28(15-21)34(6,7)8)17-25-19-27(33(3,4)5)20-26(32(25)38-12)18-24-14-22(2)16-29(31(24)37)35(9,10)11/h13-16,19-20,36-37H,17-18H2,1-12H3. The van der Waals surface area contributed by atoms with Crippen LogP contribution < -0.4 is 4.74 Å². The monoisotopic (exact) mass is 516 g/mol. The summed E-state index contributed by atoms with van der Waals surface area (Å²) in [7, 11) is 1.71. The second-order valence-corrected chi connectivity index (χ2v) is 14.1. The summed E-state index contributed by atoms with van der Waals surface area (Å²) in [5.41, 5.74) is 8.86. The second-order valence-electron chi connectivity index (χ2n) is 14.1. The summed E-state index contributed by atoms with van der Waals surface area (Å²) < 4.78 is 6.06. The molecule has 3 rings (SSSR count). The van der Waals surface area contributed by atoms with E-state index in [0.717, 1.165) is 50.3 Å². The average molecular weight is 517 g/mol. The molecular formula is C35H48O3. The lowest BCUT2D eigenvalue weighted by Gasteiger charge is -2.26. The third kappa shape index (κ3) is 6.37. The molecular weight excluding hydrogens is 468 g/mol. The van der Waals surface area contributed by atoms with Gasteiger partial charge in [-0.3, -0.25) is 0 Å². The van der Waals surface area contributed by atoms with Crippen molar-refractivity contribution in [3.63, 3.8) is 0 Å². The molecule has 0 bridgehead atoms. The van der Waals surface area contributed by atoms with Crippen LogP contribution in [0, 0.1) is 13.8 Å². The molecule has 0 aliphatic rings. The van der Waals surface area contributed by atoms with Crippen molar-refractivity contribution in [2.45, 2.75) is 105 Å². The number of hydrogen-bond acceptors (Lipinski definition) is 3. The van der Waals surface area contributed by atoms with E-state index in [2.05, 4.69) is 113 Å². The van der Waals surface area contributed by atoms with Crippen molar-refractivity contribution in [1.29, 1.82) is 0 Å². The van der Waals surface area contributed by atoms with Gasteiger partial charge in [0.25, 0.3) is 0 Å². The van der Waals surface area contributed by atoms with Crippen LogP contribution in [0.1, 0.15) is 112 Å². The fourth-order valence-electron chi connectivity index (χ4n) is 5.24. The number of phenols is 2. The van der Waals surface area contributed by atoms with E-state index in [1.165, 1.54) is 5.56 Å². The van der Waals surface area contributed by atoms with Crippen LogP contribution in [0.3, 0.4) is 0 Å². The quantitative estimate of drug-likeness (QED) is 0.356. The fraction of sp³-hybridized carbons (Fsp3) is 0.486. The normalized spacial score (nSPS) is 12.6. The first-order chi connectivity index (χ1) is 17.3. The highest BCUT2D eigenvalue weighted by Gasteiger charge is 2.25. The van der Waals surface area contributed by atoms with Gasteiger partial charge in [-0.05, 0) is 69.0 Å². The molecule has 0 saturated carbocycles. The summed E-state index contributed by atoms with van der Waals surface area (Å²) in [6.07, 6.45) is 1.12. The Morgan fingerprint density at radius 2 is 0.921 bits per heavy atom. The number of aromatic hydroxyl groups is 2. The lowest BCUT2D eigenvalue weighted by Crippen LogP contribution is -2.15. The topological polar surface area (TPSA) is 49.7 Å². The van der Waals surface area contributed by atoms with Crippen LogP contribution in [0.25, 0.3) is 0 Å². The van der Waals surface area contributed by atoms with Gasteiger partial charge in [0.05, 0.1) is 7.11 Å². The van der Waals surface area contributed by atoms with Gasteiger partial charge >= 0.3 is 0 Å². The molecule has 0 unspecified atom stereocenters. The zero-order valence-electron chi connectivity index (χ0n) is 25.7. The highest BCUT2D eigenvalue weighted by Crippen LogP contribution is 2.41. The minimum atomic E-state index is -0.166. The first-order valence-electron chi connectivity index (χ1n) is 13.7. The molecule has 3 heteroatoms. The first-order valence-corrected chi connectivity index (χ1v) is 13.7. The molecule has 2 N–H and O–H groups in total. The van der Waals surface area contributed by atoms with Crippen LogP contribution in [-0.2, 0) is 29.1 Å².